The van der Waals surface area contributed by atoms with Crippen molar-refractivity contribution in [2.45, 2.75) is 13.8 Å². The highest BCUT2D eigenvalue weighted by molar-refractivity contribution is 9.10. The van der Waals surface area contributed by atoms with Crippen LogP contribution in [-0.4, -0.2) is 34.8 Å². The summed E-state index contributed by atoms with van der Waals surface area (Å²) in [6.45, 7) is 5.02. The van der Waals surface area contributed by atoms with Gasteiger partial charge in [0.05, 0.1) is 5.69 Å². The minimum atomic E-state index is -0.355. The molecule has 2 aromatic rings. The third-order valence-corrected chi connectivity index (χ3v) is 4.07. The van der Waals surface area contributed by atoms with Crippen molar-refractivity contribution in [1.82, 2.24) is 9.88 Å². The normalized spacial score (nSPS) is 10.2. The van der Waals surface area contributed by atoms with Gasteiger partial charge in [-0.2, -0.15) is 0 Å². The van der Waals surface area contributed by atoms with E-state index in [-0.39, 0.29) is 23.2 Å². The number of amides is 2. The second-order valence-corrected chi connectivity index (χ2v) is 5.67. The number of nitrogens with zero attached hydrogens (tertiary/aromatic N) is 2. The molecule has 0 fully saturated rings. The fourth-order valence-corrected chi connectivity index (χ4v) is 2.49. The Morgan fingerprint density at radius 1 is 1.04 bits per heavy atom. The average Bonchev–Trinajstić information content (AvgIpc) is 2.58. The maximum Gasteiger partial charge on any atom is 0.274 e. The summed E-state index contributed by atoms with van der Waals surface area (Å²) >= 11 is 3.38. The molecule has 0 unspecified atom stereocenters. The number of pyridine rings is 1. The van der Waals surface area contributed by atoms with Gasteiger partial charge in [0.2, 0.25) is 0 Å². The summed E-state index contributed by atoms with van der Waals surface area (Å²) in [5.41, 5.74) is 1.13. The molecular formula is C17H18BrN3O2. The maximum absolute atomic E-state index is 12.3. The number of rotatable bonds is 5. The molecule has 2 rings (SSSR count). The fourth-order valence-electron chi connectivity index (χ4n) is 2.10. The lowest BCUT2D eigenvalue weighted by Gasteiger charge is -2.18. The van der Waals surface area contributed by atoms with Gasteiger partial charge in [0.25, 0.3) is 11.8 Å². The molecule has 1 aromatic carbocycles. The first-order valence-corrected chi connectivity index (χ1v) is 8.18. The summed E-state index contributed by atoms with van der Waals surface area (Å²) in [5.74, 6) is -0.531. The van der Waals surface area contributed by atoms with Gasteiger partial charge in [-0.15, -0.1) is 0 Å². The van der Waals surface area contributed by atoms with Crippen LogP contribution in [0.3, 0.4) is 0 Å². The number of carbonyl (C=O) groups excluding carboxylic acids is 2. The molecule has 0 radical (unpaired) electrons. The van der Waals surface area contributed by atoms with Crippen LogP contribution in [0.2, 0.25) is 0 Å². The van der Waals surface area contributed by atoms with E-state index in [0.717, 1.165) is 4.47 Å². The van der Waals surface area contributed by atoms with Crippen molar-refractivity contribution in [3.63, 3.8) is 0 Å². The topological polar surface area (TPSA) is 62.3 Å². The van der Waals surface area contributed by atoms with Gasteiger partial charge >= 0.3 is 0 Å². The van der Waals surface area contributed by atoms with Crippen LogP contribution in [0.4, 0.5) is 5.69 Å². The summed E-state index contributed by atoms with van der Waals surface area (Å²) in [7, 11) is 0. The first-order chi connectivity index (χ1) is 11.1. The van der Waals surface area contributed by atoms with Gasteiger partial charge in [-0.1, -0.05) is 18.2 Å². The Labute approximate surface area is 143 Å². The van der Waals surface area contributed by atoms with E-state index >= 15 is 0 Å². The third kappa shape index (κ3) is 4.16. The van der Waals surface area contributed by atoms with E-state index in [2.05, 4.69) is 26.2 Å². The predicted molar refractivity (Wildman–Crippen MR) is 93.6 cm³/mol. The highest BCUT2D eigenvalue weighted by Crippen LogP contribution is 2.21. The zero-order valence-electron chi connectivity index (χ0n) is 13.0. The van der Waals surface area contributed by atoms with Crippen molar-refractivity contribution in [2.24, 2.45) is 0 Å². The molecule has 0 aliphatic rings. The first-order valence-electron chi connectivity index (χ1n) is 7.39. The van der Waals surface area contributed by atoms with E-state index in [0.29, 0.717) is 18.8 Å². The van der Waals surface area contributed by atoms with E-state index in [1.54, 1.807) is 29.2 Å². The van der Waals surface area contributed by atoms with Crippen LogP contribution in [-0.2, 0) is 0 Å². The van der Waals surface area contributed by atoms with Gasteiger partial charge in [-0.25, -0.2) is 4.98 Å². The van der Waals surface area contributed by atoms with Crippen LogP contribution < -0.4 is 5.32 Å². The molecule has 0 aliphatic heterocycles. The molecule has 5 nitrogen and oxygen atoms in total. The SMILES string of the molecule is CCN(CC)C(=O)c1cccc(C(=O)Nc2ccccc2Br)n1. The summed E-state index contributed by atoms with van der Waals surface area (Å²) in [6, 6.07) is 12.2. The Kier molecular flexibility index (Phi) is 5.87. The zero-order chi connectivity index (χ0) is 16.8. The quantitative estimate of drug-likeness (QED) is 0.868. The number of para-hydroxylation sites is 1. The Balaban J connectivity index is 2.21. The monoisotopic (exact) mass is 375 g/mol. The zero-order valence-corrected chi connectivity index (χ0v) is 14.6. The molecule has 0 saturated heterocycles. The minimum Gasteiger partial charge on any atom is -0.338 e. The number of hydrogen-bond donors (Lipinski definition) is 1. The van der Waals surface area contributed by atoms with E-state index < -0.39 is 0 Å². The van der Waals surface area contributed by atoms with Crippen molar-refractivity contribution in [2.75, 3.05) is 18.4 Å². The standard InChI is InChI=1S/C17H18BrN3O2/c1-3-21(4-2)17(23)15-11-7-10-14(19-15)16(22)20-13-9-6-5-8-12(13)18/h5-11H,3-4H2,1-2H3,(H,20,22). The molecule has 1 N–H and O–H groups in total. The second-order valence-electron chi connectivity index (χ2n) is 4.82. The smallest absolute Gasteiger partial charge is 0.274 e. The second kappa shape index (κ2) is 7.87. The third-order valence-electron chi connectivity index (χ3n) is 3.37. The molecule has 23 heavy (non-hydrogen) atoms. The van der Waals surface area contributed by atoms with Gasteiger partial charge < -0.3 is 10.2 Å². The predicted octanol–water partition coefficient (Wildman–Crippen LogP) is 3.58. The lowest BCUT2D eigenvalue weighted by molar-refractivity contribution is 0.0767. The van der Waals surface area contributed by atoms with Crippen LogP contribution >= 0.6 is 15.9 Å². The van der Waals surface area contributed by atoms with E-state index in [1.807, 2.05) is 32.0 Å². The highest BCUT2D eigenvalue weighted by atomic mass is 79.9. The Morgan fingerprint density at radius 3 is 2.35 bits per heavy atom. The molecule has 0 spiro atoms. The fraction of sp³-hybridized carbons (Fsp3) is 0.235. The number of anilines is 1. The van der Waals surface area contributed by atoms with Crippen LogP contribution in [0.5, 0.6) is 0 Å². The molecular weight excluding hydrogens is 358 g/mol. The van der Waals surface area contributed by atoms with Crippen molar-refractivity contribution in [3.8, 4) is 0 Å². The highest BCUT2D eigenvalue weighted by Gasteiger charge is 2.16. The lowest BCUT2D eigenvalue weighted by Crippen LogP contribution is -2.31. The number of halogens is 1. The Hall–Kier alpha value is -2.21. The molecule has 120 valence electrons. The van der Waals surface area contributed by atoms with Gasteiger partial charge in [0.1, 0.15) is 11.4 Å². The maximum atomic E-state index is 12.3. The van der Waals surface area contributed by atoms with Crippen LogP contribution in [0, 0.1) is 0 Å². The number of hydrogen-bond acceptors (Lipinski definition) is 3. The summed E-state index contributed by atoms with van der Waals surface area (Å²) in [6.07, 6.45) is 0. The molecule has 0 saturated carbocycles. The number of nitrogens with one attached hydrogen (secondary N) is 1. The Bertz CT molecular complexity index is 714. The van der Waals surface area contributed by atoms with Gasteiger partial charge in [-0.3, -0.25) is 9.59 Å². The van der Waals surface area contributed by atoms with Gasteiger partial charge in [0, 0.05) is 17.6 Å². The lowest BCUT2D eigenvalue weighted by atomic mass is 10.2. The van der Waals surface area contributed by atoms with Crippen LogP contribution in [0.15, 0.2) is 46.9 Å². The Morgan fingerprint density at radius 2 is 1.70 bits per heavy atom. The molecule has 0 atom stereocenters. The van der Waals surface area contributed by atoms with E-state index in [1.165, 1.54) is 0 Å². The van der Waals surface area contributed by atoms with Crippen molar-refractivity contribution >= 4 is 33.4 Å². The number of aromatic nitrogens is 1. The van der Waals surface area contributed by atoms with E-state index in [4.69, 9.17) is 0 Å². The van der Waals surface area contributed by atoms with Crippen LogP contribution in [0.25, 0.3) is 0 Å². The van der Waals surface area contributed by atoms with Crippen molar-refractivity contribution in [3.05, 3.63) is 58.3 Å². The van der Waals surface area contributed by atoms with Crippen molar-refractivity contribution < 1.29 is 9.59 Å². The van der Waals surface area contributed by atoms with Crippen molar-refractivity contribution in [1.29, 1.82) is 0 Å². The van der Waals surface area contributed by atoms with Gasteiger partial charge in [-0.05, 0) is 54.0 Å². The molecule has 1 aromatic heterocycles. The molecule has 1 heterocycles. The summed E-state index contributed by atoms with van der Waals surface area (Å²) in [4.78, 5) is 30.5. The summed E-state index contributed by atoms with van der Waals surface area (Å²) < 4.78 is 0.781. The first kappa shape index (κ1) is 17.1. The number of carbonyl (C=O) groups is 2. The average molecular weight is 376 g/mol. The molecule has 0 aliphatic carbocycles. The van der Waals surface area contributed by atoms with E-state index in [9.17, 15) is 9.59 Å². The van der Waals surface area contributed by atoms with Gasteiger partial charge in [0.15, 0.2) is 0 Å². The number of benzene rings is 1. The summed E-state index contributed by atoms with van der Waals surface area (Å²) in [5, 5.41) is 2.78. The largest absolute Gasteiger partial charge is 0.338 e. The minimum absolute atomic E-state index is 0.175. The van der Waals surface area contributed by atoms with Crippen LogP contribution in [0.1, 0.15) is 34.8 Å². The molecule has 0 bridgehead atoms. The molecule has 2 amide bonds. The molecule has 6 heteroatoms.